The summed E-state index contributed by atoms with van der Waals surface area (Å²) in [7, 11) is 0. The quantitative estimate of drug-likeness (QED) is 0.481. The number of hydrogen-bond donors (Lipinski definition) is 1. The molecule has 11 heteroatoms. The maximum absolute atomic E-state index is 14.6. The van der Waals surface area contributed by atoms with Crippen molar-refractivity contribution in [3.8, 4) is 17.7 Å². The summed E-state index contributed by atoms with van der Waals surface area (Å²) in [6.07, 6.45) is -1.97. The van der Waals surface area contributed by atoms with E-state index in [0.717, 1.165) is 6.07 Å². The summed E-state index contributed by atoms with van der Waals surface area (Å²) in [4.78, 5) is 24.9. The number of aryl methyl sites for hydroxylation is 1. The fourth-order valence-corrected chi connectivity index (χ4v) is 3.27. The van der Waals surface area contributed by atoms with Crippen molar-refractivity contribution in [3.63, 3.8) is 0 Å². The van der Waals surface area contributed by atoms with Gasteiger partial charge in [0, 0.05) is 12.0 Å². The first-order chi connectivity index (χ1) is 15.3. The minimum absolute atomic E-state index is 0. The van der Waals surface area contributed by atoms with Crippen molar-refractivity contribution in [1.29, 1.82) is 0 Å². The molecule has 7 nitrogen and oxygen atoms in total. The Morgan fingerprint density at radius 2 is 2.15 bits per heavy atom. The van der Waals surface area contributed by atoms with Crippen LogP contribution < -0.4 is 10.5 Å². The molecule has 0 bridgehead atoms. The summed E-state index contributed by atoms with van der Waals surface area (Å²) >= 11 is 0. The number of hydrogen-bond acceptors (Lipinski definition) is 7. The number of amidine groups is 1. The van der Waals surface area contributed by atoms with Crippen LogP contribution in [0.2, 0.25) is 0 Å². The Balaban J connectivity index is 0.00000385. The van der Waals surface area contributed by atoms with Crippen LogP contribution in [0.5, 0.6) is 5.88 Å². The Morgan fingerprint density at radius 3 is 2.79 bits per heavy atom. The zero-order valence-electron chi connectivity index (χ0n) is 17.9. The lowest BCUT2D eigenvalue weighted by molar-refractivity contribution is -0.0146. The Bertz CT molecular complexity index is 1120. The molecule has 176 valence electrons. The molecule has 2 heterocycles. The molecule has 3 rings (SSSR count). The molecule has 0 amide bonds. The van der Waals surface area contributed by atoms with Gasteiger partial charge in [-0.1, -0.05) is 12.0 Å². The fraction of sp³-hybridized carbons (Fsp3) is 0.364. The number of alkyl halides is 2. The van der Waals surface area contributed by atoms with Gasteiger partial charge in [-0.25, -0.2) is 23.1 Å². The molecule has 2 N–H and O–H groups in total. The van der Waals surface area contributed by atoms with Crippen molar-refractivity contribution in [2.24, 2.45) is 10.7 Å². The molecule has 0 unspecified atom stereocenters. The highest BCUT2D eigenvalue weighted by molar-refractivity contribution is 5.96. The summed E-state index contributed by atoms with van der Waals surface area (Å²) < 4.78 is 52.9. The molecule has 2 aromatic rings. The van der Waals surface area contributed by atoms with Gasteiger partial charge in [0.25, 0.3) is 6.43 Å². The predicted molar refractivity (Wildman–Crippen MR) is 118 cm³/mol. The molecule has 33 heavy (non-hydrogen) atoms. The number of carbonyl (C=O) groups excluding carboxylic acids is 1. The molecule has 0 aliphatic carbocycles. The number of nitrogens with zero attached hydrogens (tertiary/aromatic N) is 3. The van der Waals surface area contributed by atoms with Gasteiger partial charge < -0.3 is 15.2 Å². The molecule has 0 spiro atoms. The number of aliphatic imine (C=N–C) groups is 1. The third-order valence-electron chi connectivity index (χ3n) is 4.80. The number of aromatic nitrogens is 2. The van der Waals surface area contributed by atoms with E-state index in [1.165, 1.54) is 18.3 Å². The Morgan fingerprint density at radius 1 is 1.39 bits per heavy atom. The van der Waals surface area contributed by atoms with Gasteiger partial charge >= 0.3 is 0 Å². The maximum atomic E-state index is 14.6. The summed E-state index contributed by atoms with van der Waals surface area (Å²) in [5.41, 5.74) is 3.66. The van der Waals surface area contributed by atoms with Crippen LogP contribution in [0.4, 0.5) is 13.2 Å². The van der Waals surface area contributed by atoms with Crippen LogP contribution >= 0.6 is 12.4 Å². The van der Waals surface area contributed by atoms with Crippen LogP contribution in [-0.2, 0) is 16.7 Å². The van der Waals surface area contributed by atoms with Crippen LogP contribution in [0.25, 0.3) is 0 Å². The van der Waals surface area contributed by atoms with E-state index in [4.69, 9.17) is 15.2 Å². The van der Waals surface area contributed by atoms with E-state index < -0.39 is 30.2 Å². The molecule has 1 aromatic carbocycles. The monoisotopic (exact) mass is 482 g/mol. The van der Waals surface area contributed by atoms with Crippen LogP contribution in [0.15, 0.2) is 29.4 Å². The molecular formula is C22H22ClF3N4O3. The van der Waals surface area contributed by atoms with Gasteiger partial charge in [0.2, 0.25) is 5.88 Å². The molecule has 1 atom stereocenters. The van der Waals surface area contributed by atoms with E-state index in [1.807, 2.05) is 0 Å². The van der Waals surface area contributed by atoms with Crippen LogP contribution in [-0.4, -0.2) is 47.8 Å². The smallest absolute Gasteiger partial charge is 0.269 e. The van der Waals surface area contributed by atoms with E-state index in [9.17, 15) is 18.0 Å². The minimum Gasteiger partial charge on any atom is -0.463 e. The average molecular weight is 483 g/mol. The van der Waals surface area contributed by atoms with Gasteiger partial charge in [-0.2, -0.15) is 0 Å². The van der Waals surface area contributed by atoms with Crippen molar-refractivity contribution in [2.75, 3.05) is 19.8 Å². The number of rotatable bonds is 7. The summed E-state index contributed by atoms with van der Waals surface area (Å²) in [5.74, 6) is 4.15. The fourth-order valence-electron chi connectivity index (χ4n) is 3.27. The second-order valence-corrected chi connectivity index (χ2v) is 7.09. The Hall–Kier alpha value is -3.16. The molecule has 0 fully saturated rings. The molecule has 1 aliphatic heterocycles. The first-order valence-electron chi connectivity index (χ1n) is 9.65. The maximum Gasteiger partial charge on any atom is 0.269 e. The molecule has 1 aromatic heterocycles. The second-order valence-electron chi connectivity index (χ2n) is 7.09. The van der Waals surface area contributed by atoms with Gasteiger partial charge in [-0.3, -0.25) is 9.79 Å². The van der Waals surface area contributed by atoms with E-state index in [0.29, 0.717) is 11.3 Å². The highest BCUT2D eigenvalue weighted by Gasteiger charge is 2.46. The summed E-state index contributed by atoms with van der Waals surface area (Å²) in [5, 5.41) is 0. The standard InChI is InChI=1S/C22H21F3N4O3.ClH/c1-3-4-7-32-19-10-27-20(13(2)28-19)17(30)9-14-5-6-16(23)15(8-14)22(21(24)25)12-31-11-18(26)29-22;/h5-6,8,10,21H,7,9,11-12H2,1-2H3,(H2,26,29);1H/t22-;/m0./s1. The topological polar surface area (TPSA) is 99.7 Å². The molecule has 0 saturated carbocycles. The first kappa shape index (κ1) is 26.1. The molecule has 0 radical (unpaired) electrons. The van der Waals surface area contributed by atoms with Crippen molar-refractivity contribution < 1.29 is 27.4 Å². The lowest BCUT2D eigenvalue weighted by Gasteiger charge is -2.33. The molecule has 0 saturated heterocycles. The molecule has 1 aliphatic rings. The number of ketones is 1. The van der Waals surface area contributed by atoms with Crippen LogP contribution in [0, 0.1) is 24.6 Å². The lowest BCUT2D eigenvalue weighted by atomic mass is 9.88. The average Bonchev–Trinajstić information content (AvgIpc) is 2.75. The van der Waals surface area contributed by atoms with Crippen molar-refractivity contribution in [2.45, 2.75) is 32.2 Å². The third kappa shape index (κ3) is 5.80. The van der Waals surface area contributed by atoms with Gasteiger partial charge in [-0.15, -0.1) is 18.3 Å². The van der Waals surface area contributed by atoms with Gasteiger partial charge in [-0.05, 0) is 31.5 Å². The highest BCUT2D eigenvalue weighted by atomic mass is 35.5. The van der Waals surface area contributed by atoms with E-state index in [-0.39, 0.29) is 55.0 Å². The zero-order valence-corrected chi connectivity index (χ0v) is 18.7. The van der Waals surface area contributed by atoms with Gasteiger partial charge in [0.15, 0.2) is 17.9 Å². The highest BCUT2D eigenvalue weighted by Crippen LogP contribution is 2.37. The zero-order chi connectivity index (χ0) is 23.3. The summed E-state index contributed by atoms with van der Waals surface area (Å²) in [6.45, 7) is 2.76. The largest absolute Gasteiger partial charge is 0.463 e. The van der Waals surface area contributed by atoms with Gasteiger partial charge in [0.1, 0.15) is 24.0 Å². The third-order valence-corrected chi connectivity index (χ3v) is 4.80. The van der Waals surface area contributed by atoms with Crippen LogP contribution in [0.3, 0.4) is 0 Å². The van der Waals surface area contributed by atoms with E-state index >= 15 is 0 Å². The minimum atomic E-state index is -3.07. The Labute approximate surface area is 195 Å². The van der Waals surface area contributed by atoms with E-state index in [1.54, 1.807) is 13.8 Å². The first-order valence-corrected chi connectivity index (χ1v) is 9.65. The molecular weight excluding hydrogens is 461 g/mol. The number of nitrogens with two attached hydrogens (primary N) is 1. The van der Waals surface area contributed by atoms with Crippen molar-refractivity contribution in [1.82, 2.24) is 9.97 Å². The lowest BCUT2D eigenvalue weighted by Crippen LogP contribution is -2.45. The van der Waals surface area contributed by atoms with Gasteiger partial charge in [0.05, 0.1) is 18.5 Å². The van der Waals surface area contributed by atoms with Crippen LogP contribution in [0.1, 0.15) is 34.2 Å². The predicted octanol–water partition coefficient (Wildman–Crippen LogP) is 3.02. The number of benzene rings is 1. The Kier molecular flexibility index (Phi) is 8.79. The second kappa shape index (κ2) is 11.1. The van der Waals surface area contributed by atoms with Crippen molar-refractivity contribution >= 4 is 24.0 Å². The number of halogens is 4. The number of Topliss-reactive ketones (excluding diaryl/α,β-unsaturated/α-hetero) is 1. The van der Waals surface area contributed by atoms with E-state index in [2.05, 4.69) is 26.8 Å². The summed E-state index contributed by atoms with van der Waals surface area (Å²) in [6, 6.07) is 3.55. The number of ether oxygens (including phenoxy) is 2. The number of carbonyl (C=O) groups is 1. The normalized spacial score (nSPS) is 17.5. The van der Waals surface area contributed by atoms with Crippen molar-refractivity contribution in [3.05, 3.63) is 52.7 Å². The SMILES string of the molecule is CC#CCOc1cnc(C(=O)Cc2ccc(F)c([C@]3(C(F)F)COCC(N)=N3)c2)c(C)n1.Cl.